The van der Waals surface area contributed by atoms with Gasteiger partial charge in [-0.05, 0) is 47.9 Å². The van der Waals surface area contributed by atoms with Gasteiger partial charge in [-0.15, -0.1) is 0 Å². The molecule has 3 rings (SSSR count). The largest absolute Gasteiger partial charge is 0.365 e. The summed E-state index contributed by atoms with van der Waals surface area (Å²) in [6, 6.07) is 5.35. The van der Waals surface area contributed by atoms with Crippen LogP contribution < -0.4 is 10.6 Å². The zero-order valence-electron chi connectivity index (χ0n) is 12.9. The molecule has 0 saturated heterocycles. The molecule has 3 aromatic rings. The molecular formula is C14H12N8S3. The first-order valence-corrected chi connectivity index (χ1v) is 9.04. The summed E-state index contributed by atoms with van der Waals surface area (Å²) in [5.74, 6) is 0.374. The number of hydrogen-bond acceptors (Lipinski definition) is 9. The van der Waals surface area contributed by atoms with Crippen LogP contribution in [0.5, 0.6) is 0 Å². The third kappa shape index (κ3) is 5.31. The number of hydrogen-bond donors (Lipinski definition) is 2. The van der Waals surface area contributed by atoms with Crippen LogP contribution in [0.4, 0.5) is 5.95 Å². The van der Waals surface area contributed by atoms with Gasteiger partial charge in [-0.2, -0.15) is 0 Å². The van der Waals surface area contributed by atoms with Crippen molar-refractivity contribution in [2.24, 2.45) is 0 Å². The summed E-state index contributed by atoms with van der Waals surface area (Å²) in [5, 5.41) is 8.73. The summed E-state index contributed by atoms with van der Waals surface area (Å²) in [6.45, 7) is 0. The molecule has 2 N–H and O–H groups in total. The summed E-state index contributed by atoms with van der Waals surface area (Å²) in [6.07, 6.45) is 6.72. The Morgan fingerprint density at radius 3 is 1.80 bits per heavy atom. The van der Waals surface area contributed by atoms with E-state index in [1.165, 1.54) is 23.5 Å². The third-order valence-electron chi connectivity index (χ3n) is 2.61. The molecule has 0 fully saturated rings. The number of nitrogens with zero attached hydrogens (tertiary/aromatic N) is 6. The van der Waals surface area contributed by atoms with Crippen molar-refractivity contribution in [2.45, 2.75) is 20.4 Å². The van der Waals surface area contributed by atoms with Crippen LogP contribution in [0.25, 0.3) is 0 Å². The van der Waals surface area contributed by atoms with Gasteiger partial charge in [-0.25, -0.2) is 29.9 Å². The Bertz CT molecular complexity index is 787. The monoisotopic (exact) mass is 388 g/mol. The minimum Gasteiger partial charge on any atom is -0.365 e. The van der Waals surface area contributed by atoms with E-state index in [1.54, 1.807) is 44.0 Å². The van der Waals surface area contributed by atoms with E-state index in [-0.39, 0.29) is 0 Å². The quantitative estimate of drug-likeness (QED) is 0.382. The van der Waals surface area contributed by atoms with Gasteiger partial charge in [0.25, 0.3) is 0 Å². The number of thiocarbonyl (C=S) groups is 1. The zero-order valence-corrected chi connectivity index (χ0v) is 15.4. The van der Waals surface area contributed by atoms with Crippen molar-refractivity contribution in [1.82, 2.24) is 35.2 Å². The van der Waals surface area contributed by atoms with E-state index in [1.807, 2.05) is 6.07 Å². The fourth-order valence-corrected chi connectivity index (χ4v) is 3.19. The summed E-state index contributed by atoms with van der Waals surface area (Å²) in [7, 11) is 1.72. The maximum Gasteiger partial charge on any atom is 0.231 e. The minimum absolute atomic E-state index is 0.374. The van der Waals surface area contributed by atoms with Crippen molar-refractivity contribution in [3.63, 3.8) is 0 Å². The maximum absolute atomic E-state index is 5.12. The van der Waals surface area contributed by atoms with Crippen molar-refractivity contribution in [3.8, 4) is 0 Å². The molecule has 25 heavy (non-hydrogen) atoms. The van der Waals surface area contributed by atoms with Gasteiger partial charge < -0.3 is 10.6 Å². The average molecular weight is 389 g/mol. The number of aromatic nitrogens is 6. The molecule has 0 spiro atoms. The van der Waals surface area contributed by atoms with Gasteiger partial charge in [0.05, 0.1) is 0 Å². The lowest BCUT2D eigenvalue weighted by molar-refractivity contribution is 0.929. The van der Waals surface area contributed by atoms with E-state index < -0.39 is 0 Å². The van der Waals surface area contributed by atoms with E-state index in [9.17, 15) is 0 Å². The molecule has 0 saturated carbocycles. The van der Waals surface area contributed by atoms with Gasteiger partial charge in [-0.3, -0.25) is 0 Å². The first-order chi connectivity index (χ1) is 12.2. The Kier molecular flexibility index (Phi) is 6.04. The van der Waals surface area contributed by atoms with Crippen molar-refractivity contribution < 1.29 is 0 Å². The Hall–Kier alpha value is -2.37. The van der Waals surface area contributed by atoms with Gasteiger partial charge in [0.1, 0.15) is 10.1 Å². The van der Waals surface area contributed by atoms with Gasteiger partial charge in [0, 0.05) is 37.9 Å². The molecule has 0 bridgehead atoms. The first kappa shape index (κ1) is 17.5. The minimum atomic E-state index is 0.374. The molecule has 0 atom stereocenters. The van der Waals surface area contributed by atoms with Crippen LogP contribution in [-0.2, 0) is 0 Å². The molecule has 0 aliphatic carbocycles. The second-order valence-corrected chi connectivity index (χ2v) is 6.72. The highest BCUT2D eigenvalue weighted by Crippen LogP contribution is 2.29. The average Bonchev–Trinajstić information content (AvgIpc) is 2.63. The van der Waals surface area contributed by atoms with Gasteiger partial charge >= 0.3 is 0 Å². The van der Waals surface area contributed by atoms with E-state index in [0.29, 0.717) is 31.4 Å². The zero-order chi connectivity index (χ0) is 17.5. The molecule has 0 radical (unpaired) electrons. The predicted molar refractivity (Wildman–Crippen MR) is 99.6 cm³/mol. The Morgan fingerprint density at radius 2 is 1.36 bits per heavy atom. The second-order valence-electron chi connectivity index (χ2n) is 4.34. The van der Waals surface area contributed by atoms with E-state index in [4.69, 9.17) is 12.2 Å². The van der Waals surface area contributed by atoms with E-state index in [0.717, 1.165) is 0 Å². The van der Waals surface area contributed by atoms with Crippen LogP contribution in [0.15, 0.2) is 63.4 Å². The lowest BCUT2D eigenvalue weighted by Crippen LogP contribution is -2.25. The smallest absolute Gasteiger partial charge is 0.231 e. The highest BCUT2D eigenvalue weighted by atomic mass is 32.2. The number of rotatable bonds is 5. The predicted octanol–water partition coefficient (Wildman–Crippen LogP) is 2.28. The molecule has 11 heteroatoms. The van der Waals surface area contributed by atoms with Gasteiger partial charge in [-0.1, -0.05) is 0 Å². The van der Waals surface area contributed by atoms with Crippen LogP contribution in [0.1, 0.15) is 0 Å². The fraction of sp³-hybridized carbons (Fsp3) is 0.0714. The maximum atomic E-state index is 5.12. The molecular weight excluding hydrogens is 376 g/mol. The molecule has 0 aliphatic heterocycles. The summed E-state index contributed by atoms with van der Waals surface area (Å²) < 4.78 is 0. The second kappa shape index (κ2) is 8.65. The van der Waals surface area contributed by atoms with Crippen LogP contribution in [0.2, 0.25) is 0 Å². The van der Waals surface area contributed by atoms with Crippen LogP contribution in [0, 0.1) is 0 Å². The molecule has 0 amide bonds. The standard InChI is InChI=1S/C14H12N8S3/c1-15-12(23)22-11-20-9(24-13-16-4-2-5-17-13)8-10(21-11)25-14-18-6-3-7-19-14/h2-8H,1H3,(H2,15,20,21,22,23). The molecule has 0 aliphatic rings. The van der Waals surface area contributed by atoms with Crippen LogP contribution in [0.3, 0.4) is 0 Å². The molecule has 126 valence electrons. The van der Waals surface area contributed by atoms with E-state index in [2.05, 4.69) is 40.5 Å². The first-order valence-electron chi connectivity index (χ1n) is 7.00. The van der Waals surface area contributed by atoms with E-state index >= 15 is 0 Å². The topological polar surface area (TPSA) is 101 Å². The molecule has 3 heterocycles. The van der Waals surface area contributed by atoms with Crippen molar-refractivity contribution in [1.29, 1.82) is 0 Å². The van der Waals surface area contributed by atoms with Gasteiger partial charge in [0.15, 0.2) is 15.4 Å². The Balaban J connectivity index is 1.89. The van der Waals surface area contributed by atoms with Crippen molar-refractivity contribution >= 4 is 46.8 Å². The molecule has 8 nitrogen and oxygen atoms in total. The lowest BCUT2D eigenvalue weighted by atomic mass is 10.6. The summed E-state index contributed by atoms with van der Waals surface area (Å²) in [5.41, 5.74) is 0. The van der Waals surface area contributed by atoms with Crippen LogP contribution in [-0.4, -0.2) is 42.1 Å². The van der Waals surface area contributed by atoms with Gasteiger partial charge in [0.2, 0.25) is 5.95 Å². The normalized spacial score (nSPS) is 10.3. The SMILES string of the molecule is CNC(=S)Nc1nc(Sc2ncccn2)cc(Sc2ncccn2)n1. The molecule has 3 aromatic heterocycles. The number of anilines is 1. The third-order valence-corrected chi connectivity index (χ3v) is 4.54. The van der Waals surface area contributed by atoms with Crippen molar-refractivity contribution in [2.75, 3.05) is 12.4 Å². The Labute approximate surface area is 157 Å². The van der Waals surface area contributed by atoms with Crippen molar-refractivity contribution in [3.05, 3.63) is 43.0 Å². The highest BCUT2D eigenvalue weighted by molar-refractivity contribution is 7.99. The lowest BCUT2D eigenvalue weighted by Gasteiger charge is -2.09. The number of nitrogens with one attached hydrogen (secondary N) is 2. The highest BCUT2D eigenvalue weighted by Gasteiger charge is 2.11. The molecule has 0 aromatic carbocycles. The van der Waals surface area contributed by atoms with Crippen LogP contribution >= 0.6 is 35.7 Å². The Morgan fingerprint density at radius 1 is 0.880 bits per heavy atom. The summed E-state index contributed by atoms with van der Waals surface area (Å²) >= 11 is 7.78. The fourth-order valence-electron chi connectivity index (χ4n) is 1.59. The summed E-state index contributed by atoms with van der Waals surface area (Å²) in [4.78, 5) is 25.7. The molecule has 0 unspecified atom stereocenters.